The van der Waals surface area contributed by atoms with Gasteiger partial charge in [0.2, 0.25) is 0 Å². The van der Waals surface area contributed by atoms with Gasteiger partial charge in [-0.1, -0.05) is 179 Å². The Bertz CT molecular complexity index is 2350. The lowest BCUT2D eigenvalue weighted by molar-refractivity contribution is 0.445. The fraction of sp³-hybridized carbons (Fsp3) is 0.154. The first-order valence-electron chi connectivity index (χ1n) is 18.8. The molecule has 0 saturated heterocycles. The number of rotatable bonds is 9. The summed E-state index contributed by atoms with van der Waals surface area (Å²) in [7, 11) is 0. The summed E-state index contributed by atoms with van der Waals surface area (Å²) in [5, 5.41) is 7.99. The second kappa shape index (κ2) is 17.1. The third kappa shape index (κ3) is 7.66. The summed E-state index contributed by atoms with van der Waals surface area (Å²) in [6.07, 6.45) is 17.7. The smallest absolute Gasteiger partial charge is 0.0314 e. The molecule has 1 aliphatic rings. The standard InChI is InChI=1S/C41H36.C11H15N/c1-3-28(4-2)29-24-26-31(27-25-29)40-36-16-8-10-18-38(36)41(39-19-11-9-17-37(39)40)35-23-13-21-33-32(20-12-22-34(33)35)30-14-6-5-7-15-30;1-5-9(4)10(6-2)8-11(12)7-3/h3-4,8-13,16-27,30H,1,5-7,14-15H2,2H3;5-8H,1-3,12H2,4H3/b28-4+;10-9+,11-8+. The van der Waals surface area contributed by atoms with Gasteiger partial charge in [-0.2, -0.15) is 0 Å². The largest absolute Gasteiger partial charge is 0.399 e. The van der Waals surface area contributed by atoms with Crippen LogP contribution in [-0.4, -0.2) is 0 Å². The highest BCUT2D eigenvalue weighted by Gasteiger charge is 2.21. The average Bonchev–Trinajstić information content (AvgIpc) is 3.22. The molecule has 264 valence electrons. The van der Waals surface area contributed by atoms with E-state index in [1.165, 1.54) is 97.8 Å². The van der Waals surface area contributed by atoms with Crippen LogP contribution >= 0.6 is 0 Å². The Morgan fingerprint density at radius 2 is 1.15 bits per heavy atom. The summed E-state index contributed by atoms with van der Waals surface area (Å²) >= 11 is 0. The normalized spacial score (nSPS) is 14.3. The molecular weight excluding hydrogens is 639 g/mol. The van der Waals surface area contributed by atoms with E-state index < -0.39 is 0 Å². The van der Waals surface area contributed by atoms with E-state index in [1.54, 1.807) is 18.2 Å². The van der Waals surface area contributed by atoms with Gasteiger partial charge in [0.25, 0.3) is 0 Å². The summed E-state index contributed by atoms with van der Waals surface area (Å²) in [4.78, 5) is 0. The first-order chi connectivity index (χ1) is 25.9. The molecule has 0 aromatic heterocycles. The molecule has 0 aliphatic heterocycles. The SMILES string of the molecule is C=C/C(=C\C)c1ccc(-c2c3ccccc3c(-c3cccc4c(C5CCCCC5)cccc34)c3ccccc23)cc1.C=C/C(N)=C\C(C=C)=C(/C)C=C. The fourth-order valence-corrected chi connectivity index (χ4v) is 7.97. The number of nitrogens with two attached hydrogens (primary N) is 1. The van der Waals surface area contributed by atoms with Crippen LogP contribution in [0.3, 0.4) is 0 Å². The second-order valence-electron chi connectivity index (χ2n) is 13.8. The predicted octanol–water partition coefficient (Wildman–Crippen LogP) is 14.8. The summed E-state index contributed by atoms with van der Waals surface area (Å²) in [5.41, 5.74) is 17.3. The van der Waals surface area contributed by atoms with Crippen LogP contribution in [0.25, 0.3) is 60.1 Å². The molecule has 0 atom stereocenters. The Kier molecular flexibility index (Phi) is 11.9. The highest BCUT2D eigenvalue weighted by Crippen LogP contribution is 2.46. The number of hydrogen-bond donors (Lipinski definition) is 1. The van der Waals surface area contributed by atoms with E-state index >= 15 is 0 Å². The number of allylic oxidation sites excluding steroid dienone is 9. The van der Waals surface area contributed by atoms with Crippen LogP contribution in [0.5, 0.6) is 0 Å². The Balaban J connectivity index is 0.000000347. The zero-order valence-electron chi connectivity index (χ0n) is 31.4. The Labute approximate surface area is 316 Å². The molecule has 1 saturated carbocycles. The molecule has 0 spiro atoms. The predicted molar refractivity (Wildman–Crippen MR) is 235 cm³/mol. The van der Waals surface area contributed by atoms with E-state index in [-0.39, 0.29) is 0 Å². The van der Waals surface area contributed by atoms with Gasteiger partial charge < -0.3 is 5.73 Å². The molecule has 0 amide bonds. The monoisotopic (exact) mass is 689 g/mol. The molecule has 0 bridgehead atoms. The molecule has 1 heteroatoms. The first kappa shape index (κ1) is 36.9. The van der Waals surface area contributed by atoms with E-state index in [1.807, 2.05) is 19.1 Å². The Morgan fingerprint density at radius 3 is 1.70 bits per heavy atom. The Hall–Kier alpha value is -5.92. The van der Waals surface area contributed by atoms with Gasteiger partial charge in [0, 0.05) is 5.70 Å². The summed E-state index contributed by atoms with van der Waals surface area (Å²) in [6.45, 7) is 18.9. The molecular formula is C52H51N. The molecule has 2 N–H and O–H groups in total. The minimum Gasteiger partial charge on any atom is -0.399 e. The molecule has 6 aromatic rings. The van der Waals surface area contributed by atoms with Crippen molar-refractivity contribution in [1.29, 1.82) is 0 Å². The van der Waals surface area contributed by atoms with E-state index in [4.69, 9.17) is 5.73 Å². The van der Waals surface area contributed by atoms with Crippen molar-refractivity contribution < 1.29 is 0 Å². The van der Waals surface area contributed by atoms with Crippen molar-refractivity contribution in [2.24, 2.45) is 5.73 Å². The van der Waals surface area contributed by atoms with Gasteiger partial charge in [0.1, 0.15) is 0 Å². The van der Waals surface area contributed by atoms with E-state index in [9.17, 15) is 0 Å². The number of hydrogen-bond acceptors (Lipinski definition) is 1. The lowest BCUT2D eigenvalue weighted by Gasteiger charge is -2.24. The maximum absolute atomic E-state index is 5.57. The van der Waals surface area contributed by atoms with Gasteiger partial charge in [0.15, 0.2) is 0 Å². The third-order valence-corrected chi connectivity index (χ3v) is 10.8. The maximum Gasteiger partial charge on any atom is 0.0314 e. The lowest BCUT2D eigenvalue weighted by Crippen LogP contribution is -2.05. The highest BCUT2D eigenvalue weighted by atomic mass is 14.5. The van der Waals surface area contributed by atoms with Crippen molar-refractivity contribution in [3.63, 3.8) is 0 Å². The number of fused-ring (bicyclic) bond motifs is 3. The van der Waals surface area contributed by atoms with Gasteiger partial charge in [-0.05, 0) is 127 Å². The molecule has 1 nitrogen and oxygen atoms in total. The zero-order valence-corrected chi connectivity index (χ0v) is 31.4. The third-order valence-electron chi connectivity index (χ3n) is 10.8. The molecule has 0 unspecified atom stereocenters. The number of benzene rings is 6. The van der Waals surface area contributed by atoms with Crippen molar-refractivity contribution in [1.82, 2.24) is 0 Å². The van der Waals surface area contributed by atoms with Crippen molar-refractivity contribution in [3.05, 3.63) is 200 Å². The molecule has 1 aliphatic carbocycles. The van der Waals surface area contributed by atoms with Crippen LogP contribution in [-0.2, 0) is 0 Å². The summed E-state index contributed by atoms with van der Waals surface area (Å²) in [5.74, 6) is 0.672. The minimum absolute atomic E-state index is 0.631. The van der Waals surface area contributed by atoms with Gasteiger partial charge in [-0.25, -0.2) is 0 Å². The summed E-state index contributed by atoms with van der Waals surface area (Å²) in [6, 6.07) is 40.9. The fourth-order valence-electron chi connectivity index (χ4n) is 7.97. The van der Waals surface area contributed by atoms with Crippen LogP contribution < -0.4 is 5.73 Å². The van der Waals surface area contributed by atoms with Crippen molar-refractivity contribution in [3.8, 4) is 22.3 Å². The van der Waals surface area contributed by atoms with Crippen LogP contribution in [0.4, 0.5) is 0 Å². The molecule has 0 radical (unpaired) electrons. The van der Waals surface area contributed by atoms with Gasteiger partial charge in [0.05, 0.1) is 0 Å². The average molecular weight is 690 g/mol. The molecule has 1 fully saturated rings. The molecule has 6 aromatic carbocycles. The van der Waals surface area contributed by atoms with Crippen LogP contribution in [0, 0.1) is 0 Å². The minimum atomic E-state index is 0.631. The zero-order chi connectivity index (χ0) is 37.3. The molecule has 0 heterocycles. The van der Waals surface area contributed by atoms with Gasteiger partial charge in [-0.15, -0.1) is 0 Å². The van der Waals surface area contributed by atoms with Crippen molar-refractivity contribution in [2.45, 2.75) is 51.9 Å². The van der Waals surface area contributed by atoms with Crippen molar-refractivity contribution >= 4 is 37.9 Å². The van der Waals surface area contributed by atoms with E-state index in [0.29, 0.717) is 11.6 Å². The summed E-state index contributed by atoms with van der Waals surface area (Å²) < 4.78 is 0. The van der Waals surface area contributed by atoms with Gasteiger partial charge in [-0.3, -0.25) is 0 Å². The van der Waals surface area contributed by atoms with E-state index in [0.717, 1.165) is 16.7 Å². The first-order valence-corrected chi connectivity index (χ1v) is 18.8. The molecule has 53 heavy (non-hydrogen) atoms. The topological polar surface area (TPSA) is 26.0 Å². The van der Waals surface area contributed by atoms with E-state index in [2.05, 4.69) is 149 Å². The van der Waals surface area contributed by atoms with Crippen LogP contribution in [0.15, 0.2) is 189 Å². The second-order valence-corrected chi connectivity index (χ2v) is 13.8. The van der Waals surface area contributed by atoms with Crippen LogP contribution in [0.1, 0.15) is 63.0 Å². The molecule has 7 rings (SSSR count). The lowest BCUT2D eigenvalue weighted by atomic mass is 9.80. The Morgan fingerprint density at radius 1 is 0.585 bits per heavy atom. The quantitative estimate of drug-likeness (QED) is 0.119. The van der Waals surface area contributed by atoms with Gasteiger partial charge >= 0.3 is 0 Å². The van der Waals surface area contributed by atoms with Crippen LogP contribution in [0.2, 0.25) is 0 Å². The van der Waals surface area contributed by atoms with Crippen molar-refractivity contribution in [2.75, 3.05) is 0 Å². The maximum atomic E-state index is 5.57. The highest BCUT2D eigenvalue weighted by molar-refractivity contribution is 6.23.